The molecular weight excluding hydrogens is 336 g/mol. The molecular formula is C15H13BrN2O3. The Labute approximate surface area is 130 Å². The van der Waals surface area contributed by atoms with Crippen molar-refractivity contribution in [1.29, 1.82) is 0 Å². The van der Waals surface area contributed by atoms with E-state index in [0.717, 1.165) is 10.0 Å². The second-order valence-corrected chi connectivity index (χ2v) is 5.05. The molecule has 0 radical (unpaired) electrons. The number of nitrogens with zero attached hydrogens (tertiary/aromatic N) is 1. The van der Waals surface area contributed by atoms with Crippen LogP contribution in [0.1, 0.15) is 15.9 Å². The number of hydrogen-bond acceptors (Lipinski definition) is 4. The molecule has 6 heteroatoms. The lowest BCUT2D eigenvalue weighted by Crippen LogP contribution is -2.17. The van der Waals surface area contributed by atoms with Gasteiger partial charge in [-0.15, -0.1) is 0 Å². The molecule has 2 aromatic carbocycles. The van der Waals surface area contributed by atoms with Crippen molar-refractivity contribution in [3.05, 3.63) is 58.1 Å². The van der Waals surface area contributed by atoms with Crippen molar-refractivity contribution in [3.63, 3.8) is 0 Å². The van der Waals surface area contributed by atoms with Gasteiger partial charge in [0, 0.05) is 15.6 Å². The van der Waals surface area contributed by atoms with E-state index in [4.69, 9.17) is 4.74 Å². The normalized spacial score (nSPS) is 10.6. The number of carbonyl (C=O) groups excluding carboxylic acids is 1. The topological polar surface area (TPSA) is 70.9 Å². The van der Waals surface area contributed by atoms with Crippen LogP contribution in [0.2, 0.25) is 0 Å². The maximum Gasteiger partial charge on any atom is 0.271 e. The molecule has 2 rings (SSSR count). The molecule has 2 aromatic rings. The van der Waals surface area contributed by atoms with Gasteiger partial charge in [0.05, 0.1) is 13.3 Å². The standard InChI is InChI=1S/C15H13BrN2O3/c1-21-14-6-5-12(16)7-11(14)9-17-18-15(20)10-3-2-4-13(19)8-10/h2-9,19H,1H3,(H,18,20)/b17-9+. The van der Waals surface area contributed by atoms with Crippen molar-refractivity contribution in [3.8, 4) is 11.5 Å². The fourth-order valence-corrected chi connectivity index (χ4v) is 2.06. The van der Waals surface area contributed by atoms with Crippen LogP contribution in [0.5, 0.6) is 11.5 Å². The fourth-order valence-electron chi connectivity index (χ4n) is 1.68. The predicted octanol–water partition coefficient (Wildman–Crippen LogP) is 2.93. The molecule has 108 valence electrons. The number of hydrogen-bond donors (Lipinski definition) is 2. The minimum atomic E-state index is -0.406. The number of carbonyl (C=O) groups is 1. The first-order valence-electron chi connectivity index (χ1n) is 6.06. The van der Waals surface area contributed by atoms with E-state index in [1.54, 1.807) is 25.3 Å². The Morgan fingerprint density at radius 1 is 1.33 bits per heavy atom. The van der Waals surface area contributed by atoms with Crippen LogP contribution in [0, 0.1) is 0 Å². The van der Waals surface area contributed by atoms with E-state index < -0.39 is 5.91 Å². The summed E-state index contributed by atoms with van der Waals surface area (Å²) < 4.78 is 6.08. The third-order valence-electron chi connectivity index (χ3n) is 2.67. The largest absolute Gasteiger partial charge is 0.508 e. The lowest BCUT2D eigenvalue weighted by atomic mass is 10.2. The number of halogens is 1. The summed E-state index contributed by atoms with van der Waals surface area (Å²) in [6, 6.07) is 11.5. The van der Waals surface area contributed by atoms with Crippen LogP contribution >= 0.6 is 15.9 Å². The average Bonchev–Trinajstić information content (AvgIpc) is 2.47. The molecule has 0 aliphatic rings. The van der Waals surface area contributed by atoms with Gasteiger partial charge in [0.2, 0.25) is 0 Å². The Balaban J connectivity index is 2.09. The van der Waals surface area contributed by atoms with Crippen LogP contribution in [0.15, 0.2) is 52.0 Å². The highest BCUT2D eigenvalue weighted by Crippen LogP contribution is 2.21. The van der Waals surface area contributed by atoms with E-state index in [0.29, 0.717) is 11.3 Å². The van der Waals surface area contributed by atoms with E-state index in [2.05, 4.69) is 26.5 Å². The second kappa shape index (κ2) is 6.90. The number of ether oxygens (including phenoxy) is 1. The van der Waals surface area contributed by atoms with Gasteiger partial charge >= 0.3 is 0 Å². The highest BCUT2D eigenvalue weighted by Gasteiger charge is 2.05. The van der Waals surface area contributed by atoms with Crippen LogP contribution in [0.4, 0.5) is 0 Å². The summed E-state index contributed by atoms with van der Waals surface area (Å²) in [4.78, 5) is 11.8. The fraction of sp³-hybridized carbons (Fsp3) is 0.0667. The number of phenols is 1. The molecule has 0 fully saturated rings. The second-order valence-electron chi connectivity index (χ2n) is 4.14. The molecule has 1 amide bonds. The Bertz CT molecular complexity index is 686. The number of benzene rings is 2. The van der Waals surface area contributed by atoms with Crippen molar-refractivity contribution in [2.24, 2.45) is 5.10 Å². The molecule has 0 aliphatic heterocycles. The zero-order chi connectivity index (χ0) is 15.2. The zero-order valence-corrected chi connectivity index (χ0v) is 12.8. The Morgan fingerprint density at radius 2 is 2.14 bits per heavy atom. The van der Waals surface area contributed by atoms with Crippen LogP contribution in [0.3, 0.4) is 0 Å². The van der Waals surface area contributed by atoms with Crippen molar-refractivity contribution in [2.45, 2.75) is 0 Å². The number of methoxy groups -OCH3 is 1. The van der Waals surface area contributed by atoms with Crippen molar-refractivity contribution < 1.29 is 14.6 Å². The summed E-state index contributed by atoms with van der Waals surface area (Å²) >= 11 is 3.36. The highest BCUT2D eigenvalue weighted by molar-refractivity contribution is 9.10. The maximum absolute atomic E-state index is 11.8. The molecule has 0 saturated carbocycles. The van der Waals surface area contributed by atoms with Crippen molar-refractivity contribution >= 4 is 28.1 Å². The molecule has 0 heterocycles. The minimum absolute atomic E-state index is 0.0280. The van der Waals surface area contributed by atoms with Gasteiger partial charge in [-0.3, -0.25) is 4.79 Å². The summed E-state index contributed by atoms with van der Waals surface area (Å²) in [5, 5.41) is 13.2. The molecule has 0 bridgehead atoms. The number of phenolic OH excluding ortho intramolecular Hbond substituents is 1. The summed E-state index contributed by atoms with van der Waals surface area (Å²) in [6.07, 6.45) is 1.49. The van der Waals surface area contributed by atoms with Gasteiger partial charge in [-0.25, -0.2) is 5.43 Å². The maximum atomic E-state index is 11.8. The summed E-state index contributed by atoms with van der Waals surface area (Å²) in [7, 11) is 1.56. The van der Waals surface area contributed by atoms with E-state index in [1.165, 1.54) is 18.3 Å². The van der Waals surface area contributed by atoms with Gasteiger partial charge in [0.25, 0.3) is 5.91 Å². The van der Waals surface area contributed by atoms with Gasteiger partial charge < -0.3 is 9.84 Å². The zero-order valence-electron chi connectivity index (χ0n) is 11.2. The highest BCUT2D eigenvalue weighted by atomic mass is 79.9. The van der Waals surface area contributed by atoms with Gasteiger partial charge in [0.1, 0.15) is 11.5 Å². The molecule has 5 nitrogen and oxygen atoms in total. The molecule has 21 heavy (non-hydrogen) atoms. The number of rotatable bonds is 4. The summed E-state index contributed by atoms with van der Waals surface area (Å²) in [5.41, 5.74) is 3.45. The van der Waals surface area contributed by atoms with Gasteiger partial charge in [0.15, 0.2) is 0 Å². The minimum Gasteiger partial charge on any atom is -0.508 e. The molecule has 0 spiro atoms. The van der Waals surface area contributed by atoms with Crippen LogP contribution in [-0.2, 0) is 0 Å². The summed E-state index contributed by atoms with van der Waals surface area (Å²) in [6.45, 7) is 0. The van der Waals surface area contributed by atoms with Crippen LogP contribution in [-0.4, -0.2) is 24.3 Å². The van der Waals surface area contributed by atoms with Gasteiger partial charge in [-0.2, -0.15) is 5.10 Å². The lowest BCUT2D eigenvalue weighted by Gasteiger charge is -2.04. The predicted molar refractivity (Wildman–Crippen MR) is 83.9 cm³/mol. The lowest BCUT2D eigenvalue weighted by molar-refractivity contribution is 0.0954. The Hall–Kier alpha value is -2.34. The van der Waals surface area contributed by atoms with E-state index in [9.17, 15) is 9.90 Å². The quantitative estimate of drug-likeness (QED) is 0.659. The molecule has 0 atom stereocenters. The molecule has 0 aliphatic carbocycles. The van der Waals surface area contributed by atoms with Gasteiger partial charge in [-0.1, -0.05) is 22.0 Å². The Kier molecular flexibility index (Phi) is 4.94. The monoisotopic (exact) mass is 348 g/mol. The third kappa shape index (κ3) is 4.06. The van der Waals surface area contributed by atoms with E-state index >= 15 is 0 Å². The summed E-state index contributed by atoms with van der Waals surface area (Å²) in [5.74, 6) is 0.268. The smallest absolute Gasteiger partial charge is 0.271 e. The van der Waals surface area contributed by atoms with Gasteiger partial charge in [-0.05, 0) is 36.4 Å². The number of amides is 1. The van der Waals surface area contributed by atoms with Crippen molar-refractivity contribution in [1.82, 2.24) is 5.43 Å². The first-order chi connectivity index (χ1) is 10.1. The molecule has 0 unspecified atom stereocenters. The molecule has 2 N–H and O–H groups in total. The van der Waals surface area contributed by atoms with Crippen LogP contribution in [0.25, 0.3) is 0 Å². The molecule has 0 aromatic heterocycles. The Morgan fingerprint density at radius 3 is 2.86 bits per heavy atom. The SMILES string of the molecule is COc1ccc(Br)cc1/C=N/NC(=O)c1cccc(O)c1. The third-order valence-corrected chi connectivity index (χ3v) is 3.16. The van der Waals surface area contributed by atoms with Crippen molar-refractivity contribution in [2.75, 3.05) is 7.11 Å². The number of hydrazone groups is 1. The van der Waals surface area contributed by atoms with Crippen LogP contribution < -0.4 is 10.2 Å². The first kappa shape index (κ1) is 15.1. The van der Waals surface area contributed by atoms with E-state index in [1.807, 2.05) is 12.1 Å². The average molecular weight is 349 g/mol. The van der Waals surface area contributed by atoms with E-state index in [-0.39, 0.29) is 5.75 Å². The first-order valence-corrected chi connectivity index (χ1v) is 6.85. The number of aromatic hydroxyl groups is 1. The number of nitrogens with one attached hydrogen (secondary N) is 1. The molecule has 0 saturated heterocycles.